The van der Waals surface area contributed by atoms with Gasteiger partial charge in [0.25, 0.3) is 0 Å². The van der Waals surface area contributed by atoms with Crippen LogP contribution in [0, 0.1) is 0 Å². The molecule has 2 amide bonds. The van der Waals surface area contributed by atoms with E-state index in [2.05, 4.69) is 5.32 Å². The minimum absolute atomic E-state index is 0.0434. The van der Waals surface area contributed by atoms with Gasteiger partial charge in [0.05, 0.1) is 13.1 Å². The molecule has 1 saturated heterocycles. The van der Waals surface area contributed by atoms with Gasteiger partial charge in [0.1, 0.15) is 0 Å². The van der Waals surface area contributed by atoms with Crippen molar-refractivity contribution >= 4 is 11.8 Å². The highest BCUT2D eigenvalue weighted by Gasteiger charge is 2.32. The first-order chi connectivity index (χ1) is 7.29. The number of nitrogens with one attached hydrogen (secondary N) is 1. The van der Waals surface area contributed by atoms with Gasteiger partial charge in [0.2, 0.25) is 11.8 Å². The predicted octanol–water partition coefficient (Wildman–Crippen LogP) is 0.668. The molecule has 1 aliphatic heterocycles. The molecule has 2 rings (SSSR count). The normalized spacial score (nSPS) is 25.5. The smallest absolute Gasteiger partial charge is 0.243 e. The number of carbonyl (C=O) groups is 2. The van der Waals surface area contributed by atoms with Crippen molar-refractivity contribution in [2.45, 2.75) is 44.6 Å². The average Bonchev–Trinajstić information content (AvgIpc) is 2.46. The van der Waals surface area contributed by atoms with E-state index in [1.165, 1.54) is 17.7 Å². The summed E-state index contributed by atoms with van der Waals surface area (Å²) in [5, 5.41) is 2.83. The van der Waals surface area contributed by atoms with Crippen molar-refractivity contribution in [2.24, 2.45) is 0 Å². The minimum Gasteiger partial charge on any atom is -0.300 e. The van der Waals surface area contributed by atoms with Crippen molar-refractivity contribution in [1.29, 1.82) is 0 Å². The zero-order valence-electron chi connectivity index (χ0n) is 9.00. The van der Waals surface area contributed by atoms with Crippen LogP contribution in [0.2, 0.25) is 0 Å². The van der Waals surface area contributed by atoms with E-state index in [1.54, 1.807) is 0 Å². The molecule has 0 aromatic rings. The van der Waals surface area contributed by atoms with Gasteiger partial charge in [-0.3, -0.25) is 19.8 Å². The molecule has 2 aliphatic rings. The Morgan fingerprint density at radius 3 is 2.00 bits per heavy atom. The van der Waals surface area contributed by atoms with E-state index >= 15 is 0 Å². The summed E-state index contributed by atoms with van der Waals surface area (Å²) in [6.07, 6.45) is 6.77. The molecule has 1 N–H and O–H groups in total. The van der Waals surface area contributed by atoms with Crippen LogP contribution in [0.3, 0.4) is 0 Å². The Hall–Kier alpha value is -0.900. The fraction of sp³-hybridized carbons (Fsp3) is 0.818. The highest BCUT2D eigenvalue weighted by atomic mass is 16.2. The second kappa shape index (κ2) is 4.75. The highest BCUT2D eigenvalue weighted by Crippen LogP contribution is 2.22. The van der Waals surface area contributed by atoms with Crippen LogP contribution < -0.4 is 5.32 Å². The molecule has 1 heterocycles. The molecule has 1 saturated carbocycles. The summed E-state index contributed by atoms with van der Waals surface area (Å²) >= 11 is 0. The summed E-state index contributed by atoms with van der Waals surface area (Å²) in [6.45, 7) is 0.643. The summed E-state index contributed by atoms with van der Waals surface area (Å²) in [5.41, 5.74) is 0. The van der Waals surface area contributed by atoms with E-state index in [1.807, 2.05) is 0 Å². The van der Waals surface area contributed by atoms with Crippen LogP contribution in [0.5, 0.6) is 0 Å². The van der Waals surface area contributed by atoms with Crippen LogP contribution >= 0.6 is 0 Å². The van der Waals surface area contributed by atoms with Gasteiger partial charge in [-0.05, 0) is 12.8 Å². The lowest BCUT2D eigenvalue weighted by Crippen LogP contribution is -2.55. The van der Waals surface area contributed by atoms with Crippen molar-refractivity contribution in [1.82, 2.24) is 10.2 Å². The summed E-state index contributed by atoms with van der Waals surface area (Å²) in [5.74, 6) is -0.0868. The number of amides is 2. The molecule has 0 atom stereocenters. The van der Waals surface area contributed by atoms with E-state index in [0.29, 0.717) is 13.1 Å². The van der Waals surface area contributed by atoms with E-state index < -0.39 is 0 Å². The molecular weight excluding hydrogens is 192 g/mol. The Morgan fingerprint density at radius 2 is 1.47 bits per heavy atom. The van der Waals surface area contributed by atoms with Gasteiger partial charge in [-0.2, -0.15) is 0 Å². The first-order valence-corrected chi connectivity index (χ1v) is 5.84. The topological polar surface area (TPSA) is 49.4 Å². The van der Waals surface area contributed by atoms with Crippen molar-refractivity contribution in [3.05, 3.63) is 0 Å². The van der Waals surface area contributed by atoms with Crippen molar-refractivity contribution in [2.75, 3.05) is 13.1 Å². The van der Waals surface area contributed by atoms with Crippen molar-refractivity contribution in [3.63, 3.8) is 0 Å². The van der Waals surface area contributed by atoms with Crippen LogP contribution in [0.25, 0.3) is 0 Å². The van der Waals surface area contributed by atoms with Gasteiger partial charge < -0.3 is 0 Å². The zero-order chi connectivity index (χ0) is 10.7. The molecule has 84 valence electrons. The van der Waals surface area contributed by atoms with Gasteiger partial charge in [-0.1, -0.05) is 25.7 Å². The standard InChI is InChI=1S/C11H18N2O2/c14-10-7-12-8-11(15)13(10)9-5-3-1-2-4-6-9/h9,12H,1-8H2. The molecule has 0 spiro atoms. The Morgan fingerprint density at radius 1 is 0.933 bits per heavy atom. The predicted molar refractivity (Wildman–Crippen MR) is 56.2 cm³/mol. The van der Waals surface area contributed by atoms with Gasteiger partial charge in [0.15, 0.2) is 0 Å². The minimum atomic E-state index is -0.0434. The molecule has 1 aliphatic carbocycles. The third kappa shape index (κ3) is 2.37. The van der Waals surface area contributed by atoms with Crippen molar-refractivity contribution < 1.29 is 9.59 Å². The third-order valence-electron chi connectivity index (χ3n) is 3.28. The number of hydrogen-bond acceptors (Lipinski definition) is 3. The van der Waals surface area contributed by atoms with Crippen molar-refractivity contribution in [3.8, 4) is 0 Å². The lowest BCUT2D eigenvalue weighted by Gasteiger charge is -2.32. The lowest BCUT2D eigenvalue weighted by molar-refractivity contribution is -0.149. The van der Waals surface area contributed by atoms with Crippen LogP contribution in [0.4, 0.5) is 0 Å². The first-order valence-electron chi connectivity index (χ1n) is 5.84. The first kappa shape index (κ1) is 10.6. The maximum Gasteiger partial charge on any atom is 0.243 e. The van der Waals surface area contributed by atoms with Crippen LogP contribution in [-0.4, -0.2) is 35.8 Å². The number of carbonyl (C=O) groups excluding carboxylic acids is 2. The van der Waals surface area contributed by atoms with Crippen LogP contribution in [-0.2, 0) is 9.59 Å². The molecule has 15 heavy (non-hydrogen) atoms. The summed E-state index contributed by atoms with van der Waals surface area (Å²) in [4.78, 5) is 24.8. The third-order valence-corrected chi connectivity index (χ3v) is 3.28. The van der Waals surface area contributed by atoms with Gasteiger partial charge >= 0.3 is 0 Å². The fourth-order valence-corrected chi connectivity index (χ4v) is 2.51. The van der Waals surface area contributed by atoms with E-state index in [0.717, 1.165) is 25.7 Å². The summed E-state index contributed by atoms with van der Waals surface area (Å²) in [6, 6.07) is 0.176. The number of rotatable bonds is 1. The average molecular weight is 210 g/mol. The van der Waals surface area contributed by atoms with Gasteiger partial charge in [0, 0.05) is 6.04 Å². The van der Waals surface area contributed by atoms with Gasteiger partial charge in [-0.15, -0.1) is 0 Å². The largest absolute Gasteiger partial charge is 0.300 e. The summed E-state index contributed by atoms with van der Waals surface area (Å²) in [7, 11) is 0. The maximum absolute atomic E-state index is 11.7. The van der Waals surface area contributed by atoms with Crippen LogP contribution in [0.15, 0.2) is 0 Å². The quantitative estimate of drug-likeness (QED) is 0.511. The van der Waals surface area contributed by atoms with E-state index in [4.69, 9.17) is 0 Å². The zero-order valence-corrected chi connectivity index (χ0v) is 9.00. The molecule has 0 aromatic carbocycles. The van der Waals surface area contributed by atoms with Crippen LogP contribution in [0.1, 0.15) is 38.5 Å². The molecule has 0 radical (unpaired) electrons. The monoisotopic (exact) mass is 210 g/mol. The Kier molecular flexibility index (Phi) is 3.36. The Labute approximate surface area is 90.0 Å². The molecule has 2 fully saturated rings. The van der Waals surface area contributed by atoms with E-state index in [9.17, 15) is 9.59 Å². The molecule has 0 unspecified atom stereocenters. The van der Waals surface area contributed by atoms with E-state index in [-0.39, 0.29) is 17.9 Å². The number of imide groups is 1. The van der Waals surface area contributed by atoms with Gasteiger partial charge in [-0.25, -0.2) is 0 Å². The second-order valence-corrected chi connectivity index (χ2v) is 4.41. The molecular formula is C11H18N2O2. The number of piperazine rings is 1. The lowest BCUT2D eigenvalue weighted by atomic mass is 10.1. The second-order valence-electron chi connectivity index (χ2n) is 4.41. The Bertz CT molecular complexity index is 241. The molecule has 4 nitrogen and oxygen atoms in total. The Balaban J connectivity index is 2.05. The SMILES string of the molecule is O=C1CNCC(=O)N1C1CCCCCC1. The summed E-state index contributed by atoms with van der Waals surface area (Å²) < 4.78 is 0. The maximum atomic E-state index is 11.7. The molecule has 4 heteroatoms. The molecule has 0 aromatic heterocycles. The number of hydrogen-bond donors (Lipinski definition) is 1. The highest BCUT2D eigenvalue weighted by molar-refractivity contribution is 5.99. The fourth-order valence-electron chi connectivity index (χ4n) is 2.51. The molecule has 0 bridgehead atoms. The number of nitrogens with zero attached hydrogens (tertiary/aromatic N) is 1.